The standard InChI is InChI=1S/C25H27N3O4S2/c1-4-32-24(30)22-16(2)27-25-28(23(22)17-7-5-8-19(13-17)31-3)18(15-34-25)14-21(29)26-11-10-20-9-6-12-33-20/h5-9,12-13,15,23H,4,10-11,14H2,1-3H3,(H,26,29)/t23-/m1/s1. The maximum atomic E-state index is 13.0. The number of amides is 1. The lowest BCUT2D eigenvalue weighted by Crippen LogP contribution is -2.38. The highest BCUT2D eigenvalue weighted by Crippen LogP contribution is 2.45. The first kappa shape index (κ1) is 24.1. The van der Waals surface area contributed by atoms with Gasteiger partial charge >= 0.3 is 5.97 Å². The molecule has 9 heteroatoms. The first-order chi connectivity index (χ1) is 16.5. The normalized spacial score (nSPS) is 17.1. The van der Waals surface area contributed by atoms with Gasteiger partial charge in [-0.2, -0.15) is 0 Å². The average molecular weight is 498 g/mol. The fourth-order valence-electron chi connectivity index (χ4n) is 3.97. The van der Waals surface area contributed by atoms with E-state index < -0.39 is 12.0 Å². The minimum absolute atomic E-state index is 0.0713. The SMILES string of the molecule is CCOC(=O)C1=C(C)N=C2SC=C(CC(=O)NCCc3cccs3)N2[C@@H]1c1cccc(OC)c1. The van der Waals surface area contributed by atoms with Crippen molar-refractivity contribution < 1.29 is 19.1 Å². The monoisotopic (exact) mass is 497 g/mol. The van der Waals surface area contributed by atoms with Crippen LogP contribution in [0.5, 0.6) is 5.75 Å². The largest absolute Gasteiger partial charge is 0.497 e. The minimum atomic E-state index is -0.471. The third kappa shape index (κ3) is 5.20. The van der Waals surface area contributed by atoms with Crippen molar-refractivity contribution in [2.75, 3.05) is 20.3 Å². The third-order valence-corrected chi connectivity index (χ3v) is 7.35. The third-order valence-electron chi connectivity index (χ3n) is 5.52. The van der Waals surface area contributed by atoms with E-state index in [2.05, 4.69) is 16.4 Å². The Bertz CT molecular complexity index is 1150. The van der Waals surface area contributed by atoms with E-state index in [4.69, 9.17) is 9.47 Å². The highest BCUT2D eigenvalue weighted by atomic mass is 32.2. The van der Waals surface area contributed by atoms with Crippen molar-refractivity contribution in [3.05, 3.63) is 74.6 Å². The number of benzene rings is 1. The van der Waals surface area contributed by atoms with Gasteiger partial charge in [-0.15, -0.1) is 11.3 Å². The number of rotatable bonds is 9. The molecular formula is C25H27N3O4S2. The topological polar surface area (TPSA) is 80.2 Å². The summed E-state index contributed by atoms with van der Waals surface area (Å²) in [6.45, 7) is 4.44. The van der Waals surface area contributed by atoms with Crippen LogP contribution in [0.15, 0.2) is 69.1 Å². The molecule has 1 amide bonds. The fraction of sp³-hybridized carbons (Fsp3) is 0.320. The van der Waals surface area contributed by atoms with Crippen LogP contribution < -0.4 is 10.1 Å². The number of hydrogen-bond acceptors (Lipinski definition) is 8. The van der Waals surface area contributed by atoms with Gasteiger partial charge in [0.15, 0.2) is 5.17 Å². The number of carbonyl (C=O) groups is 2. The molecule has 7 nitrogen and oxygen atoms in total. The first-order valence-corrected chi connectivity index (χ1v) is 12.8. The van der Waals surface area contributed by atoms with Crippen LogP contribution in [0, 0.1) is 0 Å². The van der Waals surface area contributed by atoms with Gasteiger partial charge in [-0.3, -0.25) is 4.79 Å². The molecule has 1 atom stereocenters. The number of ether oxygens (including phenoxy) is 2. The molecule has 0 unspecified atom stereocenters. The second-order valence-corrected chi connectivity index (χ2v) is 9.62. The smallest absolute Gasteiger partial charge is 0.338 e. The Labute approximate surface area is 207 Å². The summed E-state index contributed by atoms with van der Waals surface area (Å²) in [5, 5.41) is 7.71. The molecule has 1 aromatic heterocycles. The van der Waals surface area contributed by atoms with Crippen LogP contribution in [-0.2, 0) is 20.7 Å². The van der Waals surface area contributed by atoms with E-state index in [0.717, 1.165) is 22.8 Å². The first-order valence-electron chi connectivity index (χ1n) is 11.1. The molecule has 0 saturated heterocycles. The molecule has 178 valence electrons. The lowest BCUT2D eigenvalue weighted by molar-refractivity contribution is -0.139. The second-order valence-electron chi connectivity index (χ2n) is 7.75. The molecule has 1 N–H and O–H groups in total. The number of nitrogens with zero attached hydrogens (tertiary/aromatic N) is 2. The number of amidine groups is 1. The maximum Gasteiger partial charge on any atom is 0.338 e. The number of nitrogens with one attached hydrogen (secondary N) is 1. The summed E-state index contributed by atoms with van der Waals surface area (Å²) in [5.74, 6) is 0.205. The molecule has 3 heterocycles. The number of aliphatic imine (C=N–C) groups is 1. The summed E-state index contributed by atoms with van der Waals surface area (Å²) in [5.41, 5.74) is 2.73. The number of esters is 1. The zero-order valence-corrected chi connectivity index (χ0v) is 21.0. The zero-order chi connectivity index (χ0) is 24.1. The predicted octanol–water partition coefficient (Wildman–Crippen LogP) is 4.64. The molecule has 2 aliphatic heterocycles. The molecule has 34 heavy (non-hydrogen) atoms. The molecule has 2 aliphatic rings. The molecule has 1 aromatic carbocycles. The van der Waals surface area contributed by atoms with Crippen LogP contribution in [0.3, 0.4) is 0 Å². The lowest BCUT2D eigenvalue weighted by atomic mass is 9.93. The number of methoxy groups -OCH3 is 1. The van der Waals surface area contributed by atoms with Crippen LogP contribution in [-0.4, -0.2) is 42.2 Å². The van der Waals surface area contributed by atoms with E-state index >= 15 is 0 Å². The summed E-state index contributed by atoms with van der Waals surface area (Å²) in [6.07, 6.45) is 0.987. The quantitative estimate of drug-likeness (QED) is 0.508. The Hall–Kier alpha value is -3.04. The predicted molar refractivity (Wildman–Crippen MR) is 136 cm³/mol. The molecular weight excluding hydrogens is 470 g/mol. The van der Waals surface area contributed by atoms with Gasteiger partial charge in [0.25, 0.3) is 0 Å². The summed E-state index contributed by atoms with van der Waals surface area (Å²) in [6, 6.07) is 11.2. The van der Waals surface area contributed by atoms with Gasteiger partial charge in [0.2, 0.25) is 5.91 Å². The van der Waals surface area contributed by atoms with Gasteiger partial charge in [0, 0.05) is 17.1 Å². The number of allylic oxidation sites excluding steroid dienone is 1. The van der Waals surface area contributed by atoms with Crippen LogP contribution in [0.1, 0.15) is 36.8 Å². The fourth-order valence-corrected chi connectivity index (χ4v) is 5.65. The average Bonchev–Trinajstić information content (AvgIpc) is 3.48. The van der Waals surface area contributed by atoms with Crippen LogP contribution in [0.4, 0.5) is 0 Å². The Morgan fingerprint density at radius 3 is 2.82 bits per heavy atom. The summed E-state index contributed by atoms with van der Waals surface area (Å²) in [7, 11) is 1.61. The summed E-state index contributed by atoms with van der Waals surface area (Å²) >= 11 is 3.14. The van der Waals surface area contributed by atoms with Crippen LogP contribution >= 0.6 is 23.1 Å². The lowest BCUT2D eigenvalue weighted by Gasteiger charge is -2.36. The van der Waals surface area contributed by atoms with E-state index in [0.29, 0.717) is 23.6 Å². The van der Waals surface area contributed by atoms with Gasteiger partial charge in [0.1, 0.15) is 5.75 Å². The summed E-state index contributed by atoms with van der Waals surface area (Å²) < 4.78 is 10.8. The van der Waals surface area contributed by atoms with Gasteiger partial charge in [-0.25, -0.2) is 9.79 Å². The van der Waals surface area contributed by atoms with E-state index in [1.807, 2.05) is 52.9 Å². The van der Waals surface area contributed by atoms with E-state index in [1.54, 1.807) is 25.4 Å². The van der Waals surface area contributed by atoms with Crippen LogP contribution in [0.2, 0.25) is 0 Å². The highest BCUT2D eigenvalue weighted by molar-refractivity contribution is 8.16. The van der Waals surface area contributed by atoms with Gasteiger partial charge in [-0.05, 0) is 54.8 Å². The summed E-state index contributed by atoms with van der Waals surface area (Å²) in [4.78, 5) is 33.7. The Morgan fingerprint density at radius 1 is 1.24 bits per heavy atom. The Balaban J connectivity index is 1.59. The number of thioether (sulfide) groups is 1. The molecule has 4 rings (SSSR count). The van der Waals surface area contributed by atoms with Crippen molar-refractivity contribution in [1.29, 1.82) is 0 Å². The highest BCUT2D eigenvalue weighted by Gasteiger charge is 2.41. The van der Waals surface area contributed by atoms with Gasteiger partial charge < -0.3 is 19.7 Å². The molecule has 2 aromatic rings. The second kappa shape index (κ2) is 10.9. The molecule has 0 fully saturated rings. The Morgan fingerprint density at radius 2 is 2.09 bits per heavy atom. The number of hydrogen-bond donors (Lipinski definition) is 1. The number of carbonyl (C=O) groups excluding carboxylic acids is 2. The Kier molecular flexibility index (Phi) is 7.74. The zero-order valence-electron chi connectivity index (χ0n) is 19.4. The van der Waals surface area contributed by atoms with Crippen LogP contribution in [0.25, 0.3) is 0 Å². The van der Waals surface area contributed by atoms with E-state index in [1.165, 1.54) is 16.6 Å². The van der Waals surface area contributed by atoms with Gasteiger partial charge in [0.05, 0.1) is 37.4 Å². The maximum absolute atomic E-state index is 13.0. The van der Waals surface area contributed by atoms with Crippen molar-refractivity contribution >= 4 is 40.1 Å². The molecule has 0 radical (unpaired) electrons. The van der Waals surface area contributed by atoms with E-state index in [-0.39, 0.29) is 18.9 Å². The van der Waals surface area contributed by atoms with Crippen molar-refractivity contribution in [3.63, 3.8) is 0 Å². The molecule has 0 aliphatic carbocycles. The van der Waals surface area contributed by atoms with Crippen molar-refractivity contribution in [2.45, 2.75) is 32.7 Å². The van der Waals surface area contributed by atoms with Crippen molar-refractivity contribution in [1.82, 2.24) is 10.2 Å². The van der Waals surface area contributed by atoms with E-state index in [9.17, 15) is 9.59 Å². The van der Waals surface area contributed by atoms with Crippen molar-refractivity contribution in [3.8, 4) is 5.75 Å². The molecule has 0 spiro atoms. The van der Waals surface area contributed by atoms with Gasteiger partial charge in [-0.1, -0.05) is 30.0 Å². The molecule has 0 bridgehead atoms. The minimum Gasteiger partial charge on any atom is -0.497 e. The molecule has 0 saturated carbocycles. The number of fused-ring (bicyclic) bond motifs is 1. The van der Waals surface area contributed by atoms with Crippen molar-refractivity contribution in [2.24, 2.45) is 4.99 Å². The number of thiophene rings is 1.